The van der Waals surface area contributed by atoms with E-state index in [0.29, 0.717) is 17.7 Å². The lowest BCUT2D eigenvalue weighted by Crippen LogP contribution is -2.23. The molecule has 0 aliphatic carbocycles. The molecule has 0 radical (unpaired) electrons. The fourth-order valence-electron chi connectivity index (χ4n) is 2.34. The van der Waals surface area contributed by atoms with Crippen LogP contribution in [0.2, 0.25) is 0 Å². The lowest BCUT2D eigenvalue weighted by atomic mass is 10.00. The molecule has 7 heteroatoms. The Kier molecular flexibility index (Phi) is 4.85. The van der Waals surface area contributed by atoms with E-state index in [9.17, 15) is 9.59 Å². The quantitative estimate of drug-likeness (QED) is 0.737. The van der Waals surface area contributed by atoms with Gasteiger partial charge in [-0.3, -0.25) is 14.6 Å². The minimum atomic E-state index is -0.588. The van der Waals surface area contributed by atoms with Crippen LogP contribution in [0.1, 0.15) is 31.4 Å². The molecular formula is C18H16N4O2S. The zero-order chi connectivity index (χ0) is 17.8. The van der Waals surface area contributed by atoms with Gasteiger partial charge in [0.25, 0.3) is 5.91 Å². The zero-order valence-corrected chi connectivity index (χ0v) is 14.3. The van der Waals surface area contributed by atoms with E-state index in [1.165, 1.54) is 17.4 Å². The summed E-state index contributed by atoms with van der Waals surface area (Å²) in [5.74, 6) is -0.878. The first-order valence-electron chi connectivity index (χ1n) is 7.57. The summed E-state index contributed by atoms with van der Waals surface area (Å²) >= 11 is 1.49. The number of hydrogen-bond acceptors (Lipinski definition) is 5. The van der Waals surface area contributed by atoms with Crippen LogP contribution in [0.15, 0.2) is 48.1 Å². The molecule has 0 aliphatic heterocycles. The number of nitrogens with zero attached hydrogens (tertiary/aromatic N) is 2. The van der Waals surface area contributed by atoms with Crippen molar-refractivity contribution >= 4 is 23.2 Å². The van der Waals surface area contributed by atoms with Gasteiger partial charge < -0.3 is 11.1 Å². The fourth-order valence-corrected chi connectivity index (χ4v) is 3.05. The lowest BCUT2D eigenvalue weighted by Gasteiger charge is -2.09. The Labute approximate surface area is 148 Å². The van der Waals surface area contributed by atoms with Crippen molar-refractivity contribution in [2.45, 2.75) is 13.5 Å². The number of rotatable bonds is 5. The van der Waals surface area contributed by atoms with Crippen LogP contribution in [0.25, 0.3) is 11.1 Å². The molecule has 0 atom stereocenters. The number of carbonyl (C=O) groups is 2. The third-order valence-corrected chi connectivity index (χ3v) is 4.51. The summed E-state index contributed by atoms with van der Waals surface area (Å²) in [6.45, 7) is 2.23. The number of amides is 2. The van der Waals surface area contributed by atoms with Gasteiger partial charge in [0.05, 0.1) is 6.54 Å². The molecule has 0 aliphatic rings. The summed E-state index contributed by atoms with van der Waals surface area (Å²) in [5, 5.41) is 5.56. The second-order valence-electron chi connectivity index (χ2n) is 5.47. The molecule has 2 heterocycles. The smallest absolute Gasteiger partial charge is 0.251 e. The van der Waals surface area contributed by atoms with Crippen molar-refractivity contribution in [3.8, 4) is 11.1 Å². The van der Waals surface area contributed by atoms with Gasteiger partial charge in [0, 0.05) is 40.2 Å². The van der Waals surface area contributed by atoms with E-state index < -0.39 is 5.91 Å². The normalized spacial score (nSPS) is 10.4. The van der Waals surface area contributed by atoms with Crippen molar-refractivity contribution in [2.24, 2.45) is 5.73 Å². The van der Waals surface area contributed by atoms with Crippen LogP contribution in [0.3, 0.4) is 0 Å². The van der Waals surface area contributed by atoms with Gasteiger partial charge in [-0.25, -0.2) is 4.98 Å². The highest BCUT2D eigenvalue weighted by Crippen LogP contribution is 2.22. The zero-order valence-electron chi connectivity index (χ0n) is 13.5. The first-order valence-corrected chi connectivity index (χ1v) is 8.45. The molecule has 3 aromatic rings. The molecule has 0 saturated carbocycles. The van der Waals surface area contributed by atoms with Crippen molar-refractivity contribution in [2.75, 3.05) is 0 Å². The van der Waals surface area contributed by atoms with Gasteiger partial charge in [0.15, 0.2) is 0 Å². The maximum Gasteiger partial charge on any atom is 0.251 e. The molecule has 2 amide bonds. The van der Waals surface area contributed by atoms with Crippen molar-refractivity contribution in [3.63, 3.8) is 0 Å². The standard InChI is InChI=1S/C18H16N4O2S/c1-11-10-25-16(22-11)9-21-18(24)15-6-13(5-14(7-15)17(19)23)12-3-2-4-20-8-12/h2-8,10H,9H2,1H3,(H2,19,23)(H,21,24). The molecule has 0 fully saturated rings. The average molecular weight is 352 g/mol. The molecule has 2 aromatic heterocycles. The average Bonchev–Trinajstić information content (AvgIpc) is 3.05. The van der Waals surface area contributed by atoms with Gasteiger partial charge in [0.1, 0.15) is 5.01 Å². The van der Waals surface area contributed by atoms with E-state index in [1.54, 1.807) is 30.6 Å². The molecule has 126 valence electrons. The number of pyridine rings is 1. The second kappa shape index (κ2) is 7.23. The number of aromatic nitrogens is 2. The van der Waals surface area contributed by atoms with Crippen LogP contribution in [0.4, 0.5) is 0 Å². The highest BCUT2D eigenvalue weighted by Gasteiger charge is 2.13. The van der Waals surface area contributed by atoms with Crippen LogP contribution in [-0.4, -0.2) is 21.8 Å². The molecule has 25 heavy (non-hydrogen) atoms. The molecule has 0 bridgehead atoms. The monoisotopic (exact) mass is 352 g/mol. The maximum atomic E-state index is 12.5. The van der Waals surface area contributed by atoms with Gasteiger partial charge in [-0.1, -0.05) is 6.07 Å². The fraction of sp³-hybridized carbons (Fsp3) is 0.111. The van der Waals surface area contributed by atoms with E-state index in [2.05, 4.69) is 15.3 Å². The summed E-state index contributed by atoms with van der Waals surface area (Å²) in [5.41, 5.74) is 8.47. The number of nitrogens with one attached hydrogen (secondary N) is 1. The van der Waals surface area contributed by atoms with Gasteiger partial charge in [-0.05, 0) is 36.8 Å². The number of thiazole rings is 1. The Balaban J connectivity index is 1.87. The first-order chi connectivity index (χ1) is 12.0. The Morgan fingerprint density at radius 2 is 2.00 bits per heavy atom. The third-order valence-electron chi connectivity index (χ3n) is 3.54. The van der Waals surface area contributed by atoms with E-state index in [1.807, 2.05) is 18.4 Å². The van der Waals surface area contributed by atoms with E-state index >= 15 is 0 Å². The van der Waals surface area contributed by atoms with Gasteiger partial charge in [0.2, 0.25) is 5.91 Å². The molecule has 6 nitrogen and oxygen atoms in total. The number of nitrogens with two attached hydrogens (primary N) is 1. The molecule has 0 unspecified atom stereocenters. The van der Waals surface area contributed by atoms with E-state index in [-0.39, 0.29) is 11.5 Å². The minimum absolute atomic E-state index is 0.275. The molecule has 1 aromatic carbocycles. The second-order valence-corrected chi connectivity index (χ2v) is 6.41. The maximum absolute atomic E-state index is 12.5. The van der Waals surface area contributed by atoms with Crippen LogP contribution < -0.4 is 11.1 Å². The minimum Gasteiger partial charge on any atom is -0.366 e. The summed E-state index contributed by atoms with van der Waals surface area (Å²) in [6, 6.07) is 8.50. The molecule has 3 rings (SSSR count). The number of aryl methyl sites for hydroxylation is 1. The van der Waals surface area contributed by atoms with E-state index in [0.717, 1.165) is 16.3 Å². The van der Waals surface area contributed by atoms with Gasteiger partial charge >= 0.3 is 0 Å². The Bertz CT molecular complexity index is 922. The van der Waals surface area contributed by atoms with Gasteiger partial charge in [-0.15, -0.1) is 11.3 Å². The predicted molar refractivity (Wildman–Crippen MR) is 96.2 cm³/mol. The lowest BCUT2D eigenvalue weighted by molar-refractivity contribution is 0.0951. The summed E-state index contributed by atoms with van der Waals surface area (Å²) in [6.07, 6.45) is 3.32. The molecule has 3 N–H and O–H groups in total. The van der Waals surface area contributed by atoms with Gasteiger partial charge in [-0.2, -0.15) is 0 Å². The molecule has 0 spiro atoms. The Hall–Kier alpha value is -3.06. The van der Waals surface area contributed by atoms with Crippen LogP contribution >= 0.6 is 11.3 Å². The first kappa shape index (κ1) is 16.8. The number of carbonyl (C=O) groups excluding carboxylic acids is 2. The number of hydrogen-bond donors (Lipinski definition) is 2. The van der Waals surface area contributed by atoms with Crippen molar-refractivity contribution < 1.29 is 9.59 Å². The summed E-state index contributed by atoms with van der Waals surface area (Å²) in [7, 11) is 0. The van der Waals surface area contributed by atoms with Crippen molar-refractivity contribution in [1.29, 1.82) is 0 Å². The number of primary amides is 1. The molecular weight excluding hydrogens is 336 g/mol. The van der Waals surface area contributed by atoms with Crippen molar-refractivity contribution in [1.82, 2.24) is 15.3 Å². The largest absolute Gasteiger partial charge is 0.366 e. The highest BCUT2D eigenvalue weighted by atomic mass is 32.1. The van der Waals surface area contributed by atoms with E-state index in [4.69, 9.17) is 5.73 Å². The van der Waals surface area contributed by atoms with Crippen LogP contribution in [0.5, 0.6) is 0 Å². The van der Waals surface area contributed by atoms with Crippen LogP contribution in [-0.2, 0) is 6.54 Å². The highest BCUT2D eigenvalue weighted by molar-refractivity contribution is 7.09. The molecule has 0 saturated heterocycles. The van der Waals surface area contributed by atoms with Crippen molar-refractivity contribution in [3.05, 3.63) is 69.9 Å². The predicted octanol–water partition coefficient (Wildman–Crippen LogP) is 2.54. The van der Waals surface area contributed by atoms with Crippen LogP contribution in [0, 0.1) is 6.92 Å². The Morgan fingerprint density at radius 1 is 1.20 bits per heavy atom. The Morgan fingerprint density at radius 3 is 2.64 bits per heavy atom. The number of benzene rings is 1. The SMILES string of the molecule is Cc1csc(CNC(=O)c2cc(C(N)=O)cc(-c3cccnc3)c2)n1. The summed E-state index contributed by atoms with van der Waals surface area (Å²) < 4.78 is 0. The summed E-state index contributed by atoms with van der Waals surface area (Å²) in [4.78, 5) is 32.5. The third kappa shape index (κ3) is 4.07. The topological polar surface area (TPSA) is 98.0 Å².